The molecule has 3 heteroatoms. The molecule has 1 aliphatic heterocycles. The van der Waals surface area contributed by atoms with Crippen LogP contribution in [0.1, 0.15) is 54.4 Å². The Morgan fingerprint density at radius 3 is 2.35 bits per heavy atom. The lowest BCUT2D eigenvalue weighted by Crippen LogP contribution is -2.46. The molecule has 0 aliphatic carbocycles. The molecule has 2 unspecified atom stereocenters. The van der Waals surface area contributed by atoms with Gasteiger partial charge in [0.1, 0.15) is 11.6 Å². The van der Waals surface area contributed by atoms with Crippen molar-refractivity contribution in [2.75, 3.05) is 6.54 Å². The zero-order chi connectivity index (χ0) is 13.2. The summed E-state index contributed by atoms with van der Waals surface area (Å²) in [6, 6.07) is 0.404. The largest absolute Gasteiger partial charge is 0.459 e. The average molecular weight is 241 g/mol. The van der Waals surface area contributed by atoms with E-state index in [0.29, 0.717) is 12.0 Å². The number of rotatable bonds is 3. The predicted octanol–water partition coefficient (Wildman–Crippen LogP) is 2.84. The highest BCUT2D eigenvalue weighted by Gasteiger charge is 2.35. The summed E-state index contributed by atoms with van der Waals surface area (Å²) < 4.78 is 5.46. The van der Waals surface area contributed by atoms with Crippen molar-refractivity contribution in [3.63, 3.8) is 0 Å². The van der Waals surface area contributed by atoms with Crippen molar-refractivity contribution < 1.29 is 9.53 Å². The summed E-state index contributed by atoms with van der Waals surface area (Å²) in [6.45, 7) is 13.2. The molecule has 1 heterocycles. The van der Waals surface area contributed by atoms with E-state index in [-0.39, 0.29) is 12.0 Å². The fraction of sp³-hybridized carbons (Fsp3) is 0.929. The molecular weight excluding hydrogens is 214 g/mol. The number of esters is 1. The summed E-state index contributed by atoms with van der Waals surface area (Å²) in [4.78, 5) is 14.4. The normalized spacial score (nSPS) is 24.1. The smallest absolute Gasteiger partial charge is 0.323 e. The van der Waals surface area contributed by atoms with Crippen LogP contribution in [0.4, 0.5) is 0 Å². The lowest BCUT2D eigenvalue weighted by molar-refractivity contribution is -0.161. The Morgan fingerprint density at radius 1 is 1.29 bits per heavy atom. The Kier molecular flexibility index (Phi) is 4.59. The van der Waals surface area contributed by atoms with Crippen LogP contribution >= 0.6 is 0 Å². The fourth-order valence-corrected chi connectivity index (χ4v) is 2.53. The van der Waals surface area contributed by atoms with Crippen molar-refractivity contribution in [3.8, 4) is 0 Å². The molecular formula is C14H27NO2. The van der Waals surface area contributed by atoms with Crippen LogP contribution in [0.15, 0.2) is 0 Å². The molecule has 1 saturated heterocycles. The molecule has 17 heavy (non-hydrogen) atoms. The number of ether oxygens (including phenoxy) is 1. The van der Waals surface area contributed by atoms with E-state index in [4.69, 9.17) is 4.74 Å². The van der Waals surface area contributed by atoms with Crippen molar-refractivity contribution >= 4 is 5.97 Å². The van der Waals surface area contributed by atoms with E-state index in [0.717, 1.165) is 6.54 Å². The number of likely N-dealkylation sites (tertiary alicyclic amines) is 1. The number of hydrogen-bond acceptors (Lipinski definition) is 3. The van der Waals surface area contributed by atoms with Gasteiger partial charge in [-0.3, -0.25) is 9.69 Å². The molecule has 0 radical (unpaired) electrons. The summed E-state index contributed by atoms with van der Waals surface area (Å²) in [5, 5.41) is 0. The van der Waals surface area contributed by atoms with Crippen LogP contribution in [0.25, 0.3) is 0 Å². The Bertz CT molecular complexity index is 268. The Hall–Kier alpha value is -0.570. The highest BCUT2D eigenvalue weighted by molar-refractivity contribution is 5.75. The van der Waals surface area contributed by atoms with Gasteiger partial charge in [-0.15, -0.1) is 0 Å². The molecule has 0 aromatic carbocycles. The third kappa shape index (κ3) is 3.98. The number of nitrogens with zero attached hydrogens (tertiary/aromatic N) is 1. The first-order valence-corrected chi connectivity index (χ1v) is 6.71. The van der Waals surface area contributed by atoms with Gasteiger partial charge in [-0.1, -0.05) is 13.8 Å². The molecule has 3 nitrogen and oxygen atoms in total. The van der Waals surface area contributed by atoms with Crippen LogP contribution in [-0.2, 0) is 9.53 Å². The first-order valence-electron chi connectivity index (χ1n) is 6.71. The van der Waals surface area contributed by atoms with Crippen LogP contribution in [0, 0.1) is 5.92 Å². The fourth-order valence-electron chi connectivity index (χ4n) is 2.53. The predicted molar refractivity (Wildman–Crippen MR) is 69.9 cm³/mol. The minimum atomic E-state index is -0.390. The molecule has 0 spiro atoms. The van der Waals surface area contributed by atoms with Gasteiger partial charge in [0.25, 0.3) is 0 Å². The zero-order valence-electron chi connectivity index (χ0n) is 12.1. The summed E-state index contributed by atoms with van der Waals surface area (Å²) in [5.41, 5.74) is -0.390. The van der Waals surface area contributed by atoms with Crippen molar-refractivity contribution in [2.45, 2.75) is 72.1 Å². The lowest BCUT2D eigenvalue weighted by atomic mass is 10.0. The van der Waals surface area contributed by atoms with Crippen LogP contribution < -0.4 is 0 Å². The van der Waals surface area contributed by atoms with E-state index >= 15 is 0 Å². The van der Waals surface area contributed by atoms with Crippen molar-refractivity contribution in [2.24, 2.45) is 5.92 Å². The highest BCUT2D eigenvalue weighted by Crippen LogP contribution is 2.26. The van der Waals surface area contributed by atoms with Gasteiger partial charge >= 0.3 is 5.97 Å². The standard InChI is InChI=1S/C14H27NO2/c1-10(2)12-8-7-9-15(12)11(3)13(16)17-14(4,5)6/h10-12H,7-9H2,1-6H3. The summed E-state index contributed by atoms with van der Waals surface area (Å²) >= 11 is 0. The summed E-state index contributed by atoms with van der Waals surface area (Å²) in [7, 11) is 0. The highest BCUT2D eigenvalue weighted by atomic mass is 16.6. The minimum Gasteiger partial charge on any atom is -0.459 e. The third-order valence-corrected chi connectivity index (χ3v) is 3.36. The van der Waals surface area contributed by atoms with Gasteiger partial charge in [0, 0.05) is 6.04 Å². The molecule has 0 aromatic heterocycles. The lowest BCUT2D eigenvalue weighted by Gasteiger charge is -2.33. The van der Waals surface area contributed by atoms with E-state index in [1.807, 2.05) is 27.7 Å². The van der Waals surface area contributed by atoms with Crippen molar-refractivity contribution in [1.29, 1.82) is 0 Å². The topological polar surface area (TPSA) is 29.5 Å². The third-order valence-electron chi connectivity index (χ3n) is 3.36. The molecule has 100 valence electrons. The SMILES string of the molecule is CC(C)C1CCCN1C(C)C(=O)OC(C)(C)C. The van der Waals surface area contributed by atoms with Crippen LogP contribution in [-0.4, -0.2) is 35.1 Å². The molecule has 1 aliphatic rings. The van der Waals surface area contributed by atoms with E-state index in [1.54, 1.807) is 0 Å². The van der Waals surface area contributed by atoms with Gasteiger partial charge < -0.3 is 4.74 Å². The molecule has 0 aromatic rings. The van der Waals surface area contributed by atoms with E-state index in [1.165, 1.54) is 12.8 Å². The monoisotopic (exact) mass is 241 g/mol. The first kappa shape index (κ1) is 14.5. The van der Waals surface area contributed by atoms with E-state index in [2.05, 4.69) is 18.7 Å². The van der Waals surface area contributed by atoms with E-state index < -0.39 is 5.60 Å². The molecule has 1 fully saturated rings. The minimum absolute atomic E-state index is 0.0925. The second-order valence-corrected chi connectivity index (χ2v) is 6.40. The zero-order valence-corrected chi connectivity index (χ0v) is 12.1. The number of carbonyl (C=O) groups is 1. The summed E-state index contributed by atoms with van der Waals surface area (Å²) in [6.07, 6.45) is 2.39. The molecule has 0 amide bonds. The van der Waals surface area contributed by atoms with Crippen LogP contribution in [0.3, 0.4) is 0 Å². The van der Waals surface area contributed by atoms with Gasteiger partial charge in [0.2, 0.25) is 0 Å². The second kappa shape index (κ2) is 5.38. The van der Waals surface area contributed by atoms with Gasteiger partial charge in [-0.2, -0.15) is 0 Å². The van der Waals surface area contributed by atoms with Gasteiger partial charge in [0.05, 0.1) is 0 Å². The maximum absolute atomic E-state index is 12.0. The van der Waals surface area contributed by atoms with Crippen LogP contribution in [0.2, 0.25) is 0 Å². The first-order chi connectivity index (χ1) is 7.72. The Balaban J connectivity index is 2.63. The van der Waals surface area contributed by atoms with Crippen LogP contribution in [0.5, 0.6) is 0 Å². The Labute approximate surface area is 106 Å². The molecule has 0 saturated carbocycles. The van der Waals surface area contributed by atoms with Gasteiger partial charge in [-0.05, 0) is 53.0 Å². The molecule has 1 rings (SSSR count). The Morgan fingerprint density at radius 2 is 1.88 bits per heavy atom. The molecule has 2 atom stereocenters. The van der Waals surface area contributed by atoms with Crippen molar-refractivity contribution in [3.05, 3.63) is 0 Å². The summed E-state index contributed by atoms with van der Waals surface area (Å²) in [5.74, 6) is 0.507. The van der Waals surface area contributed by atoms with Crippen molar-refractivity contribution in [1.82, 2.24) is 4.90 Å². The van der Waals surface area contributed by atoms with Gasteiger partial charge in [0.15, 0.2) is 0 Å². The number of hydrogen-bond donors (Lipinski definition) is 0. The second-order valence-electron chi connectivity index (χ2n) is 6.40. The maximum atomic E-state index is 12.0. The number of carbonyl (C=O) groups excluding carboxylic acids is 1. The van der Waals surface area contributed by atoms with Gasteiger partial charge in [-0.25, -0.2) is 0 Å². The maximum Gasteiger partial charge on any atom is 0.323 e. The quantitative estimate of drug-likeness (QED) is 0.712. The molecule has 0 N–H and O–H groups in total. The molecule has 0 bridgehead atoms. The average Bonchev–Trinajstić information content (AvgIpc) is 2.61. The van der Waals surface area contributed by atoms with E-state index in [9.17, 15) is 4.79 Å².